The quantitative estimate of drug-likeness (QED) is 0.182. The number of β-lactam (4-membered cyclic amide) rings is 1. The molecule has 6 nitrogen and oxygen atoms in total. The molecule has 0 spiro atoms. The molecule has 1 amide bonds. The van der Waals surface area contributed by atoms with E-state index in [1.165, 1.54) is 0 Å². The van der Waals surface area contributed by atoms with Crippen molar-refractivity contribution in [1.82, 2.24) is 4.90 Å². The molecule has 124 valence electrons. The largest absolute Gasteiger partial charge is 0.427 e. The van der Waals surface area contributed by atoms with Gasteiger partial charge in [0.05, 0.1) is 5.41 Å². The number of rotatable bonds is 4. The van der Waals surface area contributed by atoms with Gasteiger partial charge in [0.15, 0.2) is 0 Å². The lowest BCUT2D eigenvalue weighted by Crippen LogP contribution is -2.59. The van der Waals surface area contributed by atoms with E-state index in [4.69, 9.17) is 21.1 Å². The maximum absolute atomic E-state index is 12.1. The summed E-state index contributed by atoms with van der Waals surface area (Å²) in [6.07, 6.45) is 0. The Balaban J connectivity index is 2.68. The zero-order valence-corrected chi connectivity index (χ0v) is 15.4. The fourth-order valence-corrected chi connectivity index (χ4v) is 2.38. The number of nitrogens with zero attached hydrogens (tertiary/aromatic N) is 1. The van der Waals surface area contributed by atoms with Crippen molar-refractivity contribution in [2.75, 3.05) is 6.79 Å². The van der Waals surface area contributed by atoms with Crippen molar-refractivity contribution in [1.29, 1.82) is 0 Å². The zero-order valence-electron chi connectivity index (χ0n) is 13.1. The number of amides is 1. The highest BCUT2D eigenvalue weighted by Gasteiger charge is 2.48. The van der Waals surface area contributed by atoms with E-state index in [2.05, 4.69) is 15.9 Å². The Bertz CT molecular complexity index is 522. The summed E-state index contributed by atoms with van der Waals surface area (Å²) in [5.41, 5.74) is -0.719. The van der Waals surface area contributed by atoms with Crippen LogP contribution in [0.3, 0.4) is 0 Å². The molecule has 1 aliphatic heterocycles. The van der Waals surface area contributed by atoms with Gasteiger partial charge in [-0.25, -0.2) is 4.79 Å². The van der Waals surface area contributed by atoms with Gasteiger partial charge in [-0.15, -0.1) is 0 Å². The summed E-state index contributed by atoms with van der Waals surface area (Å²) < 4.78 is 9.78. The molecule has 22 heavy (non-hydrogen) atoms. The first-order valence-electron chi connectivity index (χ1n) is 6.61. The van der Waals surface area contributed by atoms with Gasteiger partial charge in [-0.1, -0.05) is 27.5 Å². The van der Waals surface area contributed by atoms with Crippen molar-refractivity contribution in [2.45, 2.75) is 44.9 Å². The van der Waals surface area contributed by atoms with Crippen molar-refractivity contribution in [2.24, 2.45) is 5.41 Å². The van der Waals surface area contributed by atoms with Crippen LogP contribution in [0.1, 0.15) is 34.6 Å². The van der Waals surface area contributed by atoms with E-state index in [0.29, 0.717) is 5.57 Å². The lowest BCUT2D eigenvalue weighted by Gasteiger charge is -2.41. The van der Waals surface area contributed by atoms with Crippen LogP contribution in [0, 0.1) is 5.41 Å². The van der Waals surface area contributed by atoms with Crippen LogP contribution in [-0.2, 0) is 23.9 Å². The van der Waals surface area contributed by atoms with Crippen LogP contribution in [0.5, 0.6) is 0 Å². The number of carbonyl (C=O) groups is 3. The van der Waals surface area contributed by atoms with E-state index in [9.17, 15) is 14.4 Å². The summed E-state index contributed by atoms with van der Waals surface area (Å²) in [5, 5.41) is 0. The predicted octanol–water partition coefficient (Wildman–Crippen LogP) is 2.54. The summed E-state index contributed by atoms with van der Waals surface area (Å²) in [7, 11) is 0. The molecule has 8 heteroatoms. The highest BCUT2D eigenvalue weighted by atomic mass is 79.9. The molecule has 1 saturated heterocycles. The van der Waals surface area contributed by atoms with Gasteiger partial charge in [-0.3, -0.25) is 14.5 Å². The van der Waals surface area contributed by atoms with Gasteiger partial charge >= 0.3 is 11.9 Å². The van der Waals surface area contributed by atoms with Crippen molar-refractivity contribution in [3.8, 4) is 0 Å². The summed E-state index contributed by atoms with van der Waals surface area (Å²) >= 11 is 9.14. The average Bonchev–Trinajstić information content (AvgIpc) is 2.41. The highest BCUT2D eigenvalue weighted by Crippen LogP contribution is 2.34. The second-order valence-electron chi connectivity index (χ2n) is 6.06. The molecule has 0 bridgehead atoms. The third kappa shape index (κ3) is 4.01. The minimum absolute atomic E-state index is 0.0625. The number of alkyl halides is 2. The topological polar surface area (TPSA) is 72.9 Å². The van der Waals surface area contributed by atoms with Crippen LogP contribution in [0.4, 0.5) is 0 Å². The smallest absolute Gasteiger partial charge is 0.357 e. The first-order chi connectivity index (χ1) is 9.98. The second kappa shape index (κ2) is 7.00. The second-order valence-corrected chi connectivity index (χ2v) is 7.50. The third-order valence-electron chi connectivity index (χ3n) is 2.86. The van der Waals surface area contributed by atoms with Crippen molar-refractivity contribution in [3.63, 3.8) is 0 Å². The number of hydrogen-bond acceptors (Lipinski definition) is 5. The maximum atomic E-state index is 12.1. The van der Waals surface area contributed by atoms with Crippen molar-refractivity contribution < 1.29 is 23.9 Å². The number of esters is 2. The van der Waals surface area contributed by atoms with Crippen LogP contribution in [0.2, 0.25) is 0 Å². The molecule has 1 heterocycles. The molecule has 0 unspecified atom stereocenters. The highest BCUT2D eigenvalue weighted by molar-refractivity contribution is 9.10. The van der Waals surface area contributed by atoms with Gasteiger partial charge in [0, 0.05) is 0 Å². The van der Waals surface area contributed by atoms with Gasteiger partial charge in [0.1, 0.15) is 16.0 Å². The molecule has 1 aliphatic rings. The van der Waals surface area contributed by atoms with Crippen LogP contribution in [0.15, 0.2) is 11.3 Å². The monoisotopic (exact) mass is 395 g/mol. The summed E-state index contributed by atoms with van der Waals surface area (Å²) in [6.45, 7) is 7.87. The lowest BCUT2D eigenvalue weighted by molar-refractivity contribution is -0.173. The third-order valence-corrected chi connectivity index (χ3v) is 4.51. The molecule has 0 aliphatic carbocycles. The van der Waals surface area contributed by atoms with Crippen molar-refractivity contribution in [3.05, 3.63) is 11.3 Å². The Kier molecular flexibility index (Phi) is 6.03. The van der Waals surface area contributed by atoms with E-state index in [0.717, 1.165) is 4.90 Å². The number of halogens is 2. The first kappa shape index (κ1) is 19.0. The molecule has 1 fully saturated rings. The molecule has 0 radical (unpaired) electrons. The molecular formula is C14H19BrClNO5. The standard InChI is InChI=1S/C14H19BrClNO5/c1-7(2)9(17-10(16)8(15)11(17)18)12(19)21-6-22-13(20)14(3,4)5/h8,10H,6H2,1-5H3/t8-,10+/m1/s1. The summed E-state index contributed by atoms with van der Waals surface area (Å²) in [6, 6.07) is 0. The summed E-state index contributed by atoms with van der Waals surface area (Å²) in [5.74, 6) is -1.57. The van der Waals surface area contributed by atoms with Gasteiger partial charge in [-0.05, 0) is 40.2 Å². The molecule has 0 N–H and O–H groups in total. The fourth-order valence-electron chi connectivity index (χ4n) is 1.62. The number of ether oxygens (including phenoxy) is 2. The molecule has 0 aromatic rings. The van der Waals surface area contributed by atoms with Crippen molar-refractivity contribution >= 4 is 45.4 Å². The fraction of sp³-hybridized carbons (Fsp3) is 0.643. The lowest BCUT2D eigenvalue weighted by atomic mass is 9.98. The van der Waals surface area contributed by atoms with Crippen LogP contribution in [-0.4, -0.2) is 39.9 Å². The normalized spacial score (nSPS) is 21.0. The zero-order chi connectivity index (χ0) is 17.2. The SMILES string of the molecule is CC(C)=C(C(=O)OCOC(=O)C(C)(C)C)N1C(=O)[C@H](Br)[C@H]1Cl. The Labute approximate surface area is 142 Å². The Morgan fingerprint density at radius 2 is 1.82 bits per heavy atom. The number of likely N-dealkylation sites (tertiary alicyclic amines) is 1. The Morgan fingerprint density at radius 1 is 1.27 bits per heavy atom. The summed E-state index contributed by atoms with van der Waals surface area (Å²) in [4.78, 5) is 36.1. The first-order valence-corrected chi connectivity index (χ1v) is 7.96. The Hall–Kier alpha value is -1.08. The van der Waals surface area contributed by atoms with Gasteiger partial charge < -0.3 is 9.47 Å². The molecule has 2 atom stereocenters. The minimum Gasteiger partial charge on any atom is -0.427 e. The van der Waals surface area contributed by atoms with Crippen LogP contribution < -0.4 is 0 Å². The van der Waals surface area contributed by atoms with Gasteiger partial charge in [0.2, 0.25) is 12.7 Å². The van der Waals surface area contributed by atoms with Crippen LogP contribution >= 0.6 is 27.5 Å². The van der Waals surface area contributed by atoms with E-state index < -0.39 is 34.5 Å². The predicted molar refractivity (Wildman–Crippen MR) is 84.1 cm³/mol. The van der Waals surface area contributed by atoms with Gasteiger partial charge in [-0.2, -0.15) is 0 Å². The maximum Gasteiger partial charge on any atom is 0.357 e. The molecular weight excluding hydrogens is 378 g/mol. The number of carbonyl (C=O) groups excluding carboxylic acids is 3. The van der Waals surface area contributed by atoms with Crippen LogP contribution in [0.25, 0.3) is 0 Å². The van der Waals surface area contributed by atoms with E-state index in [1.807, 2.05) is 0 Å². The molecule has 0 saturated carbocycles. The Morgan fingerprint density at radius 3 is 2.23 bits per heavy atom. The molecule has 1 rings (SSSR count). The minimum atomic E-state index is -0.764. The number of hydrogen-bond donors (Lipinski definition) is 0. The van der Waals surface area contributed by atoms with E-state index in [-0.39, 0.29) is 11.6 Å². The van der Waals surface area contributed by atoms with E-state index >= 15 is 0 Å². The average molecular weight is 397 g/mol. The molecule has 0 aromatic heterocycles. The van der Waals surface area contributed by atoms with E-state index in [1.54, 1.807) is 34.6 Å². The number of allylic oxidation sites excluding steroid dienone is 1. The van der Waals surface area contributed by atoms with Gasteiger partial charge in [0.25, 0.3) is 0 Å². The molecule has 0 aromatic carbocycles.